The summed E-state index contributed by atoms with van der Waals surface area (Å²) in [5, 5.41) is 2.99. The minimum atomic E-state index is 0.00130. The highest BCUT2D eigenvalue weighted by molar-refractivity contribution is 5.96. The molecule has 0 spiro atoms. The Labute approximate surface area is 107 Å². The molecule has 0 radical (unpaired) electrons. The first kappa shape index (κ1) is 11.0. The molecule has 0 saturated heterocycles. The number of fused-ring (bicyclic) bond motifs is 1. The summed E-state index contributed by atoms with van der Waals surface area (Å²) >= 11 is 0. The Balaban J connectivity index is 1.79. The van der Waals surface area contributed by atoms with Crippen molar-refractivity contribution in [2.75, 3.05) is 5.32 Å². The highest BCUT2D eigenvalue weighted by Gasteiger charge is 2.27. The van der Waals surface area contributed by atoms with Crippen molar-refractivity contribution >= 4 is 11.6 Å². The predicted octanol–water partition coefficient (Wildman–Crippen LogP) is 3.36. The van der Waals surface area contributed by atoms with Gasteiger partial charge < -0.3 is 5.32 Å². The molecule has 2 nitrogen and oxygen atoms in total. The average molecular weight is 237 g/mol. The number of amides is 1. The van der Waals surface area contributed by atoms with E-state index in [-0.39, 0.29) is 11.8 Å². The highest BCUT2D eigenvalue weighted by atomic mass is 16.1. The van der Waals surface area contributed by atoms with Crippen molar-refractivity contribution in [3.8, 4) is 0 Å². The lowest BCUT2D eigenvalue weighted by molar-refractivity contribution is -0.117. The molecule has 0 aliphatic heterocycles. The van der Waals surface area contributed by atoms with Gasteiger partial charge in [-0.15, -0.1) is 0 Å². The zero-order valence-electron chi connectivity index (χ0n) is 10.1. The molecule has 0 heterocycles. The summed E-state index contributed by atoms with van der Waals surface area (Å²) in [5.41, 5.74) is 3.36. The van der Waals surface area contributed by atoms with Gasteiger partial charge in [0.1, 0.15) is 0 Å². The summed E-state index contributed by atoms with van der Waals surface area (Å²) in [4.78, 5) is 12.3. The van der Waals surface area contributed by atoms with Gasteiger partial charge in [-0.2, -0.15) is 0 Å². The van der Waals surface area contributed by atoms with Crippen molar-refractivity contribution in [3.63, 3.8) is 0 Å². The lowest BCUT2D eigenvalue weighted by Gasteiger charge is -2.12. The Morgan fingerprint density at radius 1 is 1.00 bits per heavy atom. The summed E-state index contributed by atoms with van der Waals surface area (Å²) in [6.45, 7) is 0. The van der Waals surface area contributed by atoms with Crippen LogP contribution < -0.4 is 5.32 Å². The Morgan fingerprint density at radius 3 is 2.56 bits per heavy atom. The number of benzene rings is 2. The lowest BCUT2D eigenvalue weighted by Crippen LogP contribution is -2.19. The molecule has 1 aliphatic rings. The Hall–Kier alpha value is -2.09. The van der Waals surface area contributed by atoms with Gasteiger partial charge in [0, 0.05) is 5.69 Å². The fraction of sp³-hybridized carbons (Fsp3) is 0.188. The molecule has 1 aliphatic carbocycles. The van der Waals surface area contributed by atoms with Crippen LogP contribution in [0, 0.1) is 0 Å². The van der Waals surface area contributed by atoms with Crippen LogP contribution in [0.15, 0.2) is 54.6 Å². The zero-order valence-corrected chi connectivity index (χ0v) is 10.1. The Kier molecular flexibility index (Phi) is 2.85. The number of hydrogen-bond acceptors (Lipinski definition) is 1. The summed E-state index contributed by atoms with van der Waals surface area (Å²) in [5.74, 6) is 0.104. The Bertz CT molecular complexity index is 562. The van der Waals surface area contributed by atoms with E-state index in [1.807, 2.05) is 42.5 Å². The monoisotopic (exact) mass is 237 g/mol. The van der Waals surface area contributed by atoms with E-state index in [0.29, 0.717) is 0 Å². The van der Waals surface area contributed by atoms with Crippen LogP contribution in [-0.4, -0.2) is 5.91 Å². The van der Waals surface area contributed by atoms with Crippen LogP contribution in [-0.2, 0) is 11.2 Å². The van der Waals surface area contributed by atoms with Crippen molar-refractivity contribution in [2.24, 2.45) is 0 Å². The molecule has 0 fully saturated rings. The van der Waals surface area contributed by atoms with E-state index in [1.165, 1.54) is 11.1 Å². The molecule has 3 rings (SSSR count). The van der Waals surface area contributed by atoms with Gasteiger partial charge in [-0.25, -0.2) is 0 Å². The van der Waals surface area contributed by atoms with E-state index in [1.54, 1.807) is 0 Å². The van der Waals surface area contributed by atoms with E-state index in [2.05, 4.69) is 17.4 Å². The van der Waals surface area contributed by atoms with Gasteiger partial charge in [0.2, 0.25) is 5.91 Å². The van der Waals surface area contributed by atoms with Crippen LogP contribution in [0.5, 0.6) is 0 Å². The topological polar surface area (TPSA) is 29.1 Å². The van der Waals surface area contributed by atoms with E-state index in [0.717, 1.165) is 18.5 Å². The fourth-order valence-corrected chi connectivity index (χ4v) is 2.58. The van der Waals surface area contributed by atoms with Gasteiger partial charge in [0.25, 0.3) is 0 Å². The first-order valence-corrected chi connectivity index (χ1v) is 6.28. The van der Waals surface area contributed by atoms with E-state index in [4.69, 9.17) is 0 Å². The van der Waals surface area contributed by atoms with Gasteiger partial charge in [-0.3, -0.25) is 4.79 Å². The second-order valence-electron chi connectivity index (χ2n) is 4.65. The molecular weight excluding hydrogens is 222 g/mol. The van der Waals surface area contributed by atoms with E-state index < -0.39 is 0 Å². The van der Waals surface area contributed by atoms with Crippen LogP contribution in [0.25, 0.3) is 0 Å². The molecular formula is C16H15NO. The molecule has 1 unspecified atom stereocenters. The maximum atomic E-state index is 12.3. The summed E-state index contributed by atoms with van der Waals surface area (Å²) in [7, 11) is 0. The third-order valence-electron chi connectivity index (χ3n) is 3.49. The standard InChI is InChI=1S/C16H15NO/c18-16(17-13-7-2-1-3-8-13)15-11-10-12-6-4-5-9-14(12)15/h1-9,15H,10-11H2,(H,17,18). The Morgan fingerprint density at radius 2 is 1.72 bits per heavy atom. The zero-order chi connectivity index (χ0) is 12.4. The van der Waals surface area contributed by atoms with Crippen molar-refractivity contribution in [2.45, 2.75) is 18.8 Å². The van der Waals surface area contributed by atoms with E-state index in [9.17, 15) is 4.79 Å². The largest absolute Gasteiger partial charge is 0.326 e. The second kappa shape index (κ2) is 4.65. The fourth-order valence-electron chi connectivity index (χ4n) is 2.58. The first-order chi connectivity index (χ1) is 8.84. The number of carbonyl (C=O) groups is 1. The number of rotatable bonds is 2. The number of carbonyl (C=O) groups excluding carboxylic acids is 1. The molecule has 18 heavy (non-hydrogen) atoms. The molecule has 90 valence electrons. The molecule has 0 aromatic heterocycles. The first-order valence-electron chi connectivity index (χ1n) is 6.28. The van der Waals surface area contributed by atoms with Gasteiger partial charge in [-0.05, 0) is 36.1 Å². The minimum absolute atomic E-state index is 0.00130. The predicted molar refractivity (Wildman–Crippen MR) is 72.6 cm³/mol. The molecule has 1 N–H and O–H groups in total. The molecule has 1 amide bonds. The second-order valence-corrected chi connectivity index (χ2v) is 4.65. The van der Waals surface area contributed by atoms with E-state index >= 15 is 0 Å². The third-order valence-corrected chi connectivity index (χ3v) is 3.49. The minimum Gasteiger partial charge on any atom is -0.326 e. The average Bonchev–Trinajstić information content (AvgIpc) is 2.84. The van der Waals surface area contributed by atoms with Crippen molar-refractivity contribution in [1.82, 2.24) is 0 Å². The quantitative estimate of drug-likeness (QED) is 0.852. The molecule has 2 aromatic carbocycles. The van der Waals surface area contributed by atoms with Crippen LogP contribution in [0.2, 0.25) is 0 Å². The number of hydrogen-bond donors (Lipinski definition) is 1. The number of aryl methyl sites for hydroxylation is 1. The molecule has 0 saturated carbocycles. The van der Waals surface area contributed by atoms with Gasteiger partial charge >= 0.3 is 0 Å². The summed E-state index contributed by atoms with van der Waals surface area (Å²) in [6.07, 6.45) is 1.92. The van der Waals surface area contributed by atoms with Crippen LogP contribution in [0.4, 0.5) is 5.69 Å². The molecule has 0 bridgehead atoms. The van der Waals surface area contributed by atoms with Gasteiger partial charge in [0.05, 0.1) is 5.92 Å². The normalized spacial score (nSPS) is 17.2. The number of anilines is 1. The summed E-state index contributed by atoms with van der Waals surface area (Å²) < 4.78 is 0. The van der Waals surface area contributed by atoms with Gasteiger partial charge in [-0.1, -0.05) is 42.5 Å². The molecule has 2 aromatic rings. The SMILES string of the molecule is O=C(Nc1ccccc1)C1CCc2ccccc21. The van der Waals surface area contributed by atoms with Crippen molar-refractivity contribution < 1.29 is 4.79 Å². The molecule has 2 heteroatoms. The lowest BCUT2D eigenvalue weighted by atomic mass is 10.0. The third kappa shape index (κ3) is 2.02. The number of para-hydroxylation sites is 1. The molecule has 1 atom stereocenters. The van der Waals surface area contributed by atoms with Crippen LogP contribution in [0.3, 0.4) is 0 Å². The van der Waals surface area contributed by atoms with Crippen molar-refractivity contribution in [1.29, 1.82) is 0 Å². The van der Waals surface area contributed by atoms with Crippen LogP contribution in [0.1, 0.15) is 23.5 Å². The number of nitrogens with one attached hydrogen (secondary N) is 1. The van der Waals surface area contributed by atoms with Crippen LogP contribution >= 0.6 is 0 Å². The maximum absolute atomic E-state index is 12.3. The highest BCUT2D eigenvalue weighted by Crippen LogP contribution is 2.33. The smallest absolute Gasteiger partial charge is 0.231 e. The van der Waals surface area contributed by atoms with Gasteiger partial charge in [0.15, 0.2) is 0 Å². The maximum Gasteiger partial charge on any atom is 0.231 e. The van der Waals surface area contributed by atoms with Crippen molar-refractivity contribution in [3.05, 3.63) is 65.7 Å². The summed E-state index contributed by atoms with van der Waals surface area (Å²) in [6, 6.07) is 17.9.